The van der Waals surface area contributed by atoms with Crippen LogP contribution in [0, 0.1) is 26.6 Å². The van der Waals surface area contributed by atoms with Crippen LogP contribution in [0.1, 0.15) is 40.8 Å². The first-order valence-electron chi connectivity index (χ1n) is 10.7. The standard InChI is InChI=1S/C26H29FN2O3S/c1-18-14-20(3)25(15-19(18)2)21(4)28-26(30)17-29(16-22-8-6-5-7-9-22)33(31,32)24-12-10-23(27)11-13-24/h5-15,21H,16-17H2,1-4H3,(H,28,30). The van der Waals surface area contributed by atoms with Gasteiger partial charge in [0.25, 0.3) is 0 Å². The van der Waals surface area contributed by atoms with Crippen molar-refractivity contribution < 1.29 is 17.6 Å². The van der Waals surface area contributed by atoms with E-state index < -0.39 is 21.7 Å². The summed E-state index contributed by atoms with van der Waals surface area (Å²) < 4.78 is 41.1. The van der Waals surface area contributed by atoms with Gasteiger partial charge in [-0.25, -0.2) is 12.8 Å². The first kappa shape index (κ1) is 24.6. The number of hydrogen-bond donors (Lipinski definition) is 1. The van der Waals surface area contributed by atoms with Gasteiger partial charge in [0.1, 0.15) is 5.82 Å². The van der Waals surface area contributed by atoms with Crippen molar-refractivity contribution in [3.63, 3.8) is 0 Å². The molecule has 1 N–H and O–H groups in total. The SMILES string of the molecule is Cc1cc(C)c(C(C)NC(=O)CN(Cc2ccccc2)S(=O)(=O)c2ccc(F)cc2)cc1C. The molecule has 0 bridgehead atoms. The summed E-state index contributed by atoms with van der Waals surface area (Å²) in [6, 6.07) is 17.5. The maximum Gasteiger partial charge on any atom is 0.243 e. The maximum absolute atomic E-state index is 13.4. The van der Waals surface area contributed by atoms with Gasteiger partial charge in [-0.3, -0.25) is 4.79 Å². The van der Waals surface area contributed by atoms with Crippen LogP contribution < -0.4 is 5.32 Å². The van der Waals surface area contributed by atoms with Crippen LogP contribution in [0.2, 0.25) is 0 Å². The molecule has 0 aliphatic carbocycles. The van der Waals surface area contributed by atoms with E-state index in [1.165, 1.54) is 17.7 Å². The van der Waals surface area contributed by atoms with E-state index in [1.54, 1.807) is 12.1 Å². The molecule has 0 aliphatic rings. The summed E-state index contributed by atoms with van der Waals surface area (Å²) >= 11 is 0. The number of carbonyl (C=O) groups excluding carboxylic acids is 1. The smallest absolute Gasteiger partial charge is 0.243 e. The minimum atomic E-state index is -4.03. The van der Waals surface area contributed by atoms with E-state index in [1.807, 2.05) is 52.0 Å². The van der Waals surface area contributed by atoms with Crippen molar-refractivity contribution in [2.75, 3.05) is 6.54 Å². The van der Waals surface area contributed by atoms with Crippen molar-refractivity contribution in [2.24, 2.45) is 0 Å². The largest absolute Gasteiger partial charge is 0.348 e. The first-order valence-corrected chi connectivity index (χ1v) is 12.2. The second-order valence-electron chi connectivity index (χ2n) is 8.29. The molecule has 0 radical (unpaired) electrons. The molecule has 7 heteroatoms. The molecular weight excluding hydrogens is 439 g/mol. The summed E-state index contributed by atoms with van der Waals surface area (Å²) in [6.07, 6.45) is 0. The fourth-order valence-corrected chi connectivity index (χ4v) is 5.13. The summed E-state index contributed by atoms with van der Waals surface area (Å²) in [7, 11) is -4.03. The number of nitrogens with zero attached hydrogens (tertiary/aromatic N) is 1. The quantitative estimate of drug-likeness (QED) is 0.516. The predicted molar refractivity (Wildman–Crippen MR) is 128 cm³/mol. The van der Waals surface area contributed by atoms with Crippen LogP contribution in [0.25, 0.3) is 0 Å². The highest BCUT2D eigenvalue weighted by molar-refractivity contribution is 7.89. The van der Waals surface area contributed by atoms with Crippen molar-refractivity contribution in [1.29, 1.82) is 0 Å². The fraction of sp³-hybridized carbons (Fsp3) is 0.269. The molecule has 0 fully saturated rings. The number of benzene rings is 3. The van der Waals surface area contributed by atoms with Crippen molar-refractivity contribution in [2.45, 2.75) is 45.2 Å². The second kappa shape index (κ2) is 10.3. The second-order valence-corrected chi connectivity index (χ2v) is 10.2. The third-order valence-electron chi connectivity index (χ3n) is 5.70. The van der Waals surface area contributed by atoms with E-state index >= 15 is 0 Å². The predicted octanol–water partition coefficient (Wildman–Crippen LogP) is 4.82. The number of rotatable bonds is 8. The summed E-state index contributed by atoms with van der Waals surface area (Å²) in [5.41, 5.74) is 5.10. The van der Waals surface area contributed by atoms with Gasteiger partial charge >= 0.3 is 0 Å². The number of amides is 1. The van der Waals surface area contributed by atoms with Crippen LogP contribution in [0.5, 0.6) is 0 Å². The van der Waals surface area contributed by atoms with E-state index in [2.05, 4.69) is 11.4 Å². The van der Waals surface area contributed by atoms with Crippen molar-refractivity contribution >= 4 is 15.9 Å². The van der Waals surface area contributed by atoms with Crippen molar-refractivity contribution in [3.05, 3.63) is 100 Å². The molecule has 33 heavy (non-hydrogen) atoms. The molecule has 0 spiro atoms. The first-order chi connectivity index (χ1) is 15.6. The van der Waals surface area contributed by atoms with Gasteiger partial charge in [0.15, 0.2) is 0 Å². The van der Waals surface area contributed by atoms with Gasteiger partial charge in [-0.05, 0) is 79.8 Å². The number of nitrogens with one attached hydrogen (secondary N) is 1. The van der Waals surface area contributed by atoms with Crippen molar-refractivity contribution in [1.82, 2.24) is 9.62 Å². The molecule has 1 amide bonds. The number of carbonyl (C=O) groups is 1. The van der Waals surface area contributed by atoms with Crippen LogP contribution in [-0.4, -0.2) is 25.2 Å². The van der Waals surface area contributed by atoms with Gasteiger partial charge in [-0.15, -0.1) is 0 Å². The Hall–Kier alpha value is -3.03. The van der Waals surface area contributed by atoms with E-state index in [-0.39, 0.29) is 24.0 Å². The minimum Gasteiger partial charge on any atom is -0.348 e. The average Bonchev–Trinajstić information content (AvgIpc) is 2.76. The molecule has 0 aromatic heterocycles. The number of sulfonamides is 1. The Balaban J connectivity index is 1.84. The third-order valence-corrected chi connectivity index (χ3v) is 7.51. The molecule has 3 aromatic rings. The van der Waals surface area contributed by atoms with Gasteiger partial charge < -0.3 is 5.32 Å². The minimum absolute atomic E-state index is 0.0189. The van der Waals surface area contributed by atoms with Crippen LogP contribution in [0.4, 0.5) is 4.39 Å². The average molecular weight is 469 g/mol. The van der Waals surface area contributed by atoms with Crippen LogP contribution in [-0.2, 0) is 21.4 Å². The number of aryl methyl sites for hydroxylation is 3. The Morgan fingerprint density at radius 3 is 2.18 bits per heavy atom. The number of halogens is 1. The molecule has 3 rings (SSSR count). The van der Waals surface area contributed by atoms with Gasteiger partial charge in [0.05, 0.1) is 17.5 Å². The Bertz CT molecular complexity index is 1230. The van der Waals surface area contributed by atoms with E-state index in [0.29, 0.717) is 0 Å². The lowest BCUT2D eigenvalue weighted by molar-refractivity contribution is -0.122. The van der Waals surface area contributed by atoms with Crippen molar-refractivity contribution in [3.8, 4) is 0 Å². The van der Waals surface area contributed by atoms with Gasteiger partial charge in [-0.1, -0.05) is 42.5 Å². The Kier molecular flexibility index (Phi) is 7.66. The monoisotopic (exact) mass is 468 g/mol. The summed E-state index contributed by atoms with van der Waals surface area (Å²) in [5, 5.41) is 2.93. The topological polar surface area (TPSA) is 66.5 Å². The highest BCUT2D eigenvalue weighted by Crippen LogP contribution is 2.23. The van der Waals surface area contributed by atoms with Crippen LogP contribution in [0.15, 0.2) is 71.6 Å². The van der Waals surface area contributed by atoms with E-state index in [0.717, 1.165) is 38.7 Å². The maximum atomic E-state index is 13.4. The zero-order chi connectivity index (χ0) is 24.2. The highest BCUT2D eigenvalue weighted by Gasteiger charge is 2.27. The Labute approximate surface area is 195 Å². The molecule has 1 unspecified atom stereocenters. The van der Waals surface area contributed by atoms with Gasteiger partial charge in [0.2, 0.25) is 15.9 Å². The van der Waals surface area contributed by atoms with E-state index in [9.17, 15) is 17.6 Å². The van der Waals surface area contributed by atoms with Gasteiger partial charge in [-0.2, -0.15) is 4.31 Å². The Morgan fingerprint density at radius 2 is 1.55 bits per heavy atom. The lowest BCUT2D eigenvalue weighted by atomic mass is 9.96. The molecular formula is C26H29FN2O3S. The fourth-order valence-electron chi connectivity index (χ4n) is 3.74. The summed E-state index contributed by atoms with van der Waals surface area (Å²) in [4.78, 5) is 12.9. The van der Waals surface area contributed by atoms with Gasteiger partial charge in [0, 0.05) is 6.54 Å². The lowest BCUT2D eigenvalue weighted by Gasteiger charge is -2.24. The molecule has 3 aromatic carbocycles. The molecule has 0 heterocycles. The summed E-state index contributed by atoms with van der Waals surface area (Å²) in [6.45, 7) is 7.59. The molecule has 174 valence electrons. The molecule has 0 saturated carbocycles. The zero-order valence-corrected chi connectivity index (χ0v) is 20.1. The molecule has 0 saturated heterocycles. The lowest BCUT2D eigenvalue weighted by Crippen LogP contribution is -2.41. The Morgan fingerprint density at radius 1 is 0.939 bits per heavy atom. The highest BCUT2D eigenvalue weighted by atomic mass is 32.2. The molecule has 1 atom stereocenters. The third kappa shape index (κ3) is 6.06. The molecule has 5 nitrogen and oxygen atoms in total. The molecule has 0 aliphatic heterocycles. The van der Waals surface area contributed by atoms with E-state index in [4.69, 9.17) is 0 Å². The number of hydrogen-bond acceptors (Lipinski definition) is 3. The summed E-state index contributed by atoms with van der Waals surface area (Å²) in [5.74, 6) is -0.944. The van der Waals surface area contributed by atoms with Crippen LogP contribution >= 0.6 is 0 Å². The normalized spacial score (nSPS) is 12.5. The zero-order valence-electron chi connectivity index (χ0n) is 19.3. The van der Waals surface area contributed by atoms with Crippen LogP contribution in [0.3, 0.4) is 0 Å².